The molecule has 0 aliphatic heterocycles. The number of amides is 1. The lowest BCUT2D eigenvalue weighted by atomic mass is 10.3. The molecule has 0 saturated carbocycles. The first-order chi connectivity index (χ1) is 7.75. The van der Waals surface area contributed by atoms with E-state index in [4.69, 9.17) is 0 Å². The highest BCUT2D eigenvalue weighted by Crippen LogP contribution is 2.06. The molecule has 2 rings (SSSR count). The van der Waals surface area contributed by atoms with Crippen LogP contribution in [0.3, 0.4) is 0 Å². The molecule has 6 heteroatoms. The van der Waals surface area contributed by atoms with Gasteiger partial charge in [-0.3, -0.25) is 15.6 Å². The maximum absolute atomic E-state index is 12.6. The maximum Gasteiger partial charge on any atom is 0.308 e. The fourth-order valence-electron chi connectivity index (χ4n) is 1.06. The summed E-state index contributed by atoms with van der Waals surface area (Å²) in [5.41, 5.74) is 5.55. The highest BCUT2D eigenvalue weighted by molar-refractivity contribution is 5.91. The Morgan fingerprint density at radius 3 is 2.62 bits per heavy atom. The molecule has 0 atom stereocenters. The van der Waals surface area contributed by atoms with Gasteiger partial charge < -0.3 is 4.52 Å². The van der Waals surface area contributed by atoms with Crippen molar-refractivity contribution in [2.24, 2.45) is 0 Å². The van der Waals surface area contributed by atoms with Crippen molar-refractivity contribution in [2.75, 3.05) is 5.43 Å². The minimum absolute atomic E-state index is 0.0922. The van der Waals surface area contributed by atoms with Gasteiger partial charge in [-0.2, -0.15) is 0 Å². The number of anilines is 1. The van der Waals surface area contributed by atoms with Gasteiger partial charge in [0.2, 0.25) is 5.76 Å². The Morgan fingerprint density at radius 2 is 2.00 bits per heavy atom. The number of hydrogen-bond donors (Lipinski definition) is 2. The van der Waals surface area contributed by atoms with E-state index in [1.165, 1.54) is 36.5 Å². The van der Waals surface area contributed by atoms with E-state index in [1.54, 1.807) is 0 Å². The third kappa shape index (κ3) is 2.35. The molecule has 1 heterocycles. The summed E-state index contributed by atoms with van der Waals surface area (Å²) in [6.07, 6.45) is 1.37. The van der Waals surface area contributed by atoms with Crippen LogP contribution in [-0.4, -0.2) is 11.1 Å². The van der Waals surface area contributed by atoms with Gasteiger partial charge in [-0.1, -0.05) is 5.16 Å². The van der Waals surface area contributed by atoms with Crippen LogP contribution in [0.25, 0.3) is 0 Å². The predicted molar refractivity (Wildman–Crippen MR) is 54.0 cm³/mol. The van der Waals surface area contributed by atoms with E-state index in [2.05, 4.69) is 20.5 Å². The van der Waals surface area contributed by atoms with Crippen molar-refractivity contribution >= 4 is 11.6 Å². The monoisotopic (exact) mass is 221 g/mol. The van der Waals surface area contributed by atoms with Gasteiger partial charge in [-0.05, 0) is 24.3 Å². The molecule has 0 aliphatic carbocycles. The molecular weight excluding hydrogens is 213 g/mol. The van der Waals surface area contributed by atoms with Crippen LogP contribution in [-0.2, 0) is 0 Å². The van der Waals surface area contributed by atoms with Gasteiger partial charge in [-0.25, -0.2) is 4.39 Å². The molecule has 1 aromatic heterocycles. The van der Waals surface area contributed by atoms with Crippen LogP contribution in [0.5, 0.6) is 0 Å². The van der Waals surface area contributed by atoms with E-state index in [9.17, 15) is 9.18 Å². The lowest BCUT2D eigenvalue weighted by molar-refractivity contribution is 0.0926. The average molecular weight is 221 g/mol. The molecule has 1 aromatic carbocycles. The second-order valence-corrected chi connectivity index (χ2v) is 2.96. The summed E-state index contributed by atoms with van der Waals surface area (Å²) in [6.45, 7) is 0. The zero-order chi connectivity index (χ0) is 11.4. The fourth-order valence-corrected chi connectivity index (χ4v) is 1.06. The van der Waals surface area contributed by atoms with Crippen molar-refractivity contribution in [3.05, 3.63) is 48.1 Å². The number of hydrogen-bond acceptors (Lipinski definition) is 4. The van der Waals surface area contributed by atoms with Crippen LogP contribution in [0, 0.1) is 5.82 Å². The van der Waals surface area contributed by atoms with Crippen LogP contribution in [0.15, 0.2) is 41.1 Å². The van der Waals surface area contributed by atoms with Crippen molar-refractivity contribution in [3.8, 4) is 0 Å². The number of aromatic nitrogens is 1. The smallest absolute Gasteiger partial charge is 0.308 e. The SMILES string of the molecule is O=C(NNc1ccc(F)cc1)c1ccno1. The molecule has 0 radical (unpaired) electrons. The van der Waals surface area contributed by atoms with Crippen LogP contribution in [0.4, 0.5) is 10.1 Å². The molecule has 0 spiro atoms. The summed E-state index contributed by atoms with van der Waals surface area (Å²) in [5, 5.41) is 3.40. The summed E-state index contributed by atoms with van der Waals surface area (Å²) in [5.74, 6) is -0.705. The molecule has 0 aliphatic rings. The quantitative estimate of drug-likeness (QED) is 0.772. The zero-order valence-corrected chi connectivity index (χ0v) is 8.11. The van der Waals surface area contributed by atoms with Crippen LogP contribution < -0.4 is 10.9 Å². The molecule has 0 bridgehead atoms. The van der Waals surface area contributed by atoms with Crippen molar-refractivity contribution in [1.29, 1.82) is 0 Å². The second-order valence-electron chi connectivity index (χ2n) is 2.96. The molecule has 82 valence electrons. The van der Waals surface area contributed by atoms with E-state index < -0.39 is 5.91 Å². The number of nitrogens with one attached hydrogen (secondary N) is 2. The first-order valence-electron chi connectivity index (χ1n) is 4.48. The van der Waals surface area contributed by atoms with E-state index >= 15 is 0 Å². The molecule has 2 N–H and O–H groups in total. The predicted octanol–water partition coefficient (Wildman–Crippen LogP) is 1.57. The van der Waals surface area contributed by atoms with Crippen molar-refractivity contribution in [2.45, 2.75) is 0 Å². The van der Waals surface area contributed by atoms with Gasteiger partial charge in [-0.15, -0.1) is 0 Å². The molecule has 1 amide bonds. The zero-order valence-electron chi connectivity index (χ0n) is 8.11. The Labute approximate surface area is 90.2 Å². The van der Waals surface area contributed by atoms with Crippen LogP contribution in [0.1, 0.15) is 10.6 Å². The van der Waals surface area contributed by atoms with Gasteiger partial charge in [0.1, 0.15) is 5.82 Å². The Bertz CT molecular complexity index is 467. The number of halogens is 1. The lowest BCUT2D eigenvalue weighted by Crippen LogP contribution is -2.28. The fraction of sp³-hybridized carbons (Fsp3) is 0. The Kier molecular flexibility index (Phi) is 2.81. The molecule has 0 saturated heterocycles. The highest BCUT2D eigenvalue weighted by Gasteiger charge is 2.08. The van der Waals surface area contributed by atoms with Crippen LogP contribution >= 0.6 is 0 Å². The van der Waals surface area contributed by atoms with Gasteiger partial charge in [0.25, 0.3) is 0 Å². The first-order valence-corrected chi connectivity index (χ1v) is 4.48. The molecule has 5 nitrogen and oxygen atoms in total. The summed E-state index contributed by atoms with van der Waals surface area (Å²) in [7, 11) is 0. The van der Waals surface area contributed by atoms with Gasteiger partial charge >= 0.3 is 5.91 Å². The third-order valence-electron chi connectivity index (χ3n) is 1.83. The number of rotatable bonds is 3. The van der Waals surface area contributed by atoms with E-state index in [1.807, 2.05) is 0 Å². The highest BCUT2D eigenvalue weighted by atomic mass is 19.1. The van der Waals surface area contributed by atoms with Gasteiger partial charge in [0, 0.05) is 6.07 Å². The van der Waals surface area contributed by atoms with Crippen molar-refractivity contribution in [1.82, 2.24) is 10.6 Å². The Hall–Kier alpha value is -2.37. The standard InChI is InChI=1S/C10H8FN3O2/c11-7-1-3-8(4-2-7)13-14-10(15)9-5-6-12-16-9/h1-6,13H,(H,14,15). The maximum atomic E-state index is 12.6. The van der Waals surface area contributed by atoms with Crippen molar-refractivity contribution < 1.29 is 13.7 Å². The minimum Gasteiger partial charge on any atom is -0.351 e. The summed E-state index contributed by atoms with van der Waals surface area (Å²) in [6, 6.07) is 6.99. The first kappa shape index (κ1) is 10.2. The normalized spacial score (nSPS) is 9.81. The number of carbonyl (C=O) groups is 1. The summed E-state index contributed by atoms with van der Waals surface area (Å²) < 4.78 is 17.2. The van der Waals surface area contributed by atoms with E-state index in [0.717, 1.165) is 0 Å². The van der Waals surface area contributed by atoms with Gasteiger partial charge in [0.15, 0.2) is 0 Å². The van der Waals surface area contributed by atoms with E-state index in [0.29, 0.717) is 5.69 Å². The van der Waals surface area contributed by atoms with Crippen molar-refractivity contribution in [3.63, 3.8) is 0 Å². The number of benzene rings is 1. The lowest BCUT2D eigenvalue weighted by Gasteiger charge is -2.05. The van der Waals surface area contributed by atoms with Crippen LogP contribution in [0.2, 0.25) is 0 Å². The third-order valence-corrected chi connectivity index (χ3v) is 1.83. The van der Waals surface area contributed by atoms with Gasteiger partial charge in [0.05, 0.1) is 11.9 Å². The Morgan fingerprint density at radius 1 is 1.25 bits per heavy atom. The molecule has 2 aromatic rings. The second kappa shape index (κ2) is 4.43. The Balaban J connectivity index is 1.93. The molecule has 0 fully saturated rings. The molecule has 0 unspecified atom stereocenters. The summed E-state index contributed by atoms with van der Waals surface area (Å²) >= 11 is 0. The topological polar surface area (TPSA) is 67.2 Å². The molecular formula is C10H8FN3O2. The average Bonchev–Trinajstić information content (AvgIpc) is 2.81. The van der Waals surface area contributed by atoms with E-state index in [-0.39, 0.29) is 11.6 Å². The minimum atomic E-state index is -0.457. The summed E-state index contributed by atoms with van der Waals surface area (Å²) in [4.78, 5) is 11.4. The number of carbonyl (C=O) groups excluding carboxylic acids is 1. The largest absolute Gasteiger partial charge is 0.351 e. The number of hydrazine groups is 1. The molecule has 16 heavy (non-hydrogen) atoms. The number of nitrogens with zero attached hydrogens (tertiary/aromatic N) is 1.